The van der Waals surface area contributed by atoms with E-state index in [4.69, 9.17) is 0 Å². The molecule has 0 spiro atoms. The Balaban J connectivity index is 2.21. The molecule has 0 amide bonds. The van der Waals surface area contributed by atoms with Crippen molar-refractivity contribution in [2.45, 2.75) is 18.5 Å². The monoisotopic (exact) mass is 274 g/mol. The summed E-state index contributed by atoms with van der Waals surface area (Å²) in [5.41, 5.74) is 2.36. The van der Waals surface area contributed by atoms with Gasteiger partial charge in [-0.25, -0.2) is 9.97 Å². The van der Waals surface area contributed by atoms with Gasteiger partial charge in [0.15, 0.2) is 5.16 Å². The molecule has 0 aliphatic rings. The minimum atomic E-state index is 0.750. The van der Waals surface area contributed by atoms with E-state index in [1.54, 1.807) is 0 Å². The molecule has 0 bridgehead atoms. The zero-order valence-electron chi connectivity index (χ0n) is 11.4. The average molecular weight is 274 g/mol. The topological polar surface area (TPSA) is 49.8 Å². The maximum Gasteiger partial charge on any atom is 0.191 e. The predicted molar refractivity (Wildman–Crippen MR) is 82.5 cm³/mol. The van der Waals surface area contributed by atoms with Gasteiger partial charge in [-0.1, -0.05) is 30.8 Å². The third kappa shape index (κ3) is 3.61. The van der Waals surface area contributed by atoms with Crippen LogP contribution in [0.4, 0.5) is 17.3 Å². The molecule has 0 aliphatic heterocycles. The SMILES string of the molecule is CCc1ccc(Nc2cc(NC)nc(SC)n2)cc1. The van der Waals surface area contributed by atoms with E-state index < -0.39 is 0 Å². The summed E-state index contributed by atoms with van der Waals surface area (Å²) >= 11 is 1.53. The number of rotatable bonds is 5. The first kappa shape index (κ1) is 13.7. The zero-order chi connectivity index (χ0) is 13.7. The lowest BCUT2D eigenvalue weighted by Gasteiger charge is -2.09. The summed E-state index contributed by atoms with van der Waals surface area (Å²) in [4.78, 5) is 8.78. The maximum atomic E-state index is 4.44. The number of thioether (sulfide) groups is 1. The van der Waals surface area contributed by atoms with Crippen LogP contribution in [-0.4, -0.2) is 23.3 Å². The molecule has 0 fully saturated rings. The van der Waals surface area contributed by atoms with E-state index in [1.165, 1.54) is 17.3 Å². The van der Waals surface area contributed by atoms with Crippen molar-refractivity contribution in [2.24, 2.45) is 0 Å². The van der Waals surface area contributed by atoms with Crippen LogP contribution in [0, 0.1) is 0 Å². The molecular formula is C14H18N4S. The molecule has 0 saturated heterocycles. The normalized spacial score (nSPS) is 10.3. The van der Waals surface area contributed by atoms with Gasteiger partial charge in [-0.3, -0.25) is 0 Å². The third-order valence-corrected chi connectivity index (χ3v) is 3.33. The first-order chi connectivity index (χ1) is 9.25. The van der Waals surface area contributed by atoms with Gasteiger partial charge in [-0.05, 0) is 30.4 Å². The molecule has 0 aliphatic carbocycles. The van der Waals surface area contributed by atoms with Crippen molar-refractivity contribution < 1.29 is 0 Å². The van der Waals surface area contributed by atoms with Crippen LogP contribution in [0.5, 0.6) is 0 Å². The molecular weight excluding hydrogens is 256 g/mol. The molecule has 0 unspecified atom stereocenters. The molecule has 19 heavy (non-hydrogen) atoms. The maximum absolute atomic E-state index is 4.44. The summed E-state index contributed by atoms with van der Waals surface area (Å²) in [6.07, 6.45) is 3.02. The summed E-state index contributed by atoms with van der Waals surface area (Å²) in [7, 11) is 1.85. The van der Waals surface area contributed by atoms with Crippen LogP contribution in [-0.2, 0) is 6.42 Å². The number of hydrogen-bond acceptors (Lipinski definition) is 5. The van der Waals surface area contributed by atoms with E-state index in [2.05, 4.69) is 51.8 Å². The first-order valence-electron chi connectivity index (χ1n) is 6.22. The lowest BCUT2D eigenvalue weighted by Crippen LogP contribution is -2.00. The molecule has 0 atom stereocenters. The molecule has 2 aromatic rings. The van der Waals surface area contributed by atoms with Crippen LogP contribution >= 0.6 is 11.8 Å². The highest BCUT2D eigenvalue weighted by atomic mass is 32.2. The summed E-state index contributed by atoms with van der Waals surface area (Å²) in [5.74, 6) is 1.61. The molecule has 2 N–H and O–H groups in total. The molecule has 100 valence electrons. The van der Waals surface area contributed by atoms with Gasteiger partial charge in [-0.15, -0.1) is 0 Å². The Labute approximate surface area is 118 Å². The Morgan fingerprint density at radius 3 is 2.37 bits per heavy atom. The zero-order valence-corrected chi connectivity index (χ0v) is 12.2. The predicted octanol–water partition coefficient (Wildman–Crippen LogP) is 3.55. The molecule has 2 rings (SSSR count). The Hall–Kier alpha value is -1.75. The van der Waals surface area contributed by atoms with Crippen molar-refractivity contribution in [3.63, 3.8) is 0 Å². The van der Waals surface area contributed by atoms with E-state index >= 15 is 0 Å². The summed E-state index contributed by atoms with van der Waals surface area (Å²) in [6, 6.07) is 10.3. The summed E-state index contributed by atoms with van der Waals surface area (Å²) in [5, 5.41) is 7.09. The second-order valence-electron chi connectivity index (χ2n) is 4.05. The Kier molecular flexibility index (Phi) is 4.63. The lowest BCUT2D eigenvalue weighted by molar-refractivity contribution is 0.977. The minimum absolute atomic E-state index is 0.750. The van der Waals surface area contributed by atoms with Crippen LogP contribution < -0.4 is 10.6 Å². The first-order valence-corrected chi connectivity index (χ1v) is 7.44. The van der Waals surface area contributed by atoms with Crippen molar-refractivity contribution in [3.05, 3.63) is 35.9 Å². The Bertz CT molecular complexity index is 517. The van der Waals surface area contributed by atoms with E-state index in [0.29, 0.717) is 0 Å². The standard InChI is InChI=1S/C14H18N4S/c1-4-10-5-7-11(8-6-10)16-13-9-12(15-2)17-14(18-13)19-3/h5-9H,4H2,1-3H3,(H2,15,16,17,18). The third-order valence-electron chi connectivity index (χ3n) is 2.78. The van der Waals surface area contributed by atoms with E-state index in [0.717, 1.165) is 28.9 Å². The number of aryl methyl sites for hydroxylation is 1. The van der Waals surface area contributed by atoms with Gasteiger partial charge in [0, 0.05) is 18.8 Å². The number of nitrogens with zero attached hydrogens (tertiary/aromatic N) is 2. The van der Waals surface area contributed by atoms with Crippen LogP contribution in [0.3, 0.4) is 0 Å². The van der Waals surface area contributed by atoms with Crippen LogP contribution in [0.2, 0.25) is 0 Å². The van der Waals surface area contributed by atoms with Gasteiger partial charge in [0.2, 0.25) is 0 Å². The van der Waals surface area contributed by atoms with Gasteiger partial charge < -0.3 is 10.6 Å². The molecule has 1 aromatic carbocycles. The van der Waals surface area contributed by atoms with Crippen molar-refractivity contribution in [2.75, 3.05) is 23.9 Å². The minimum Gasteiger partial charge on any atom is -0.373 e. The second-order valence-corrected chi connectivity index (χ2v) is 4.82. The fourth-order valence-electron chi connectivity index (χ4n) is 1.68. The van der Waals surface area contributed by atoms with Gasteiger partial charge >= 0.3 is 0 Å². The second kappa shape index (κ2) is 6.43. The lowest BCUT2D eigenvalue weighted by atomic mass is 10.1. The number of aromatic nitrogens is 2. The highest BCUT2D eigenvalue weighted by molar-refractivity contribution is 7.98. The fourth-order valence-corrected chi connectivity index (χ4v) is 2.06. The van der Waals surface area contributed by atoms with E-state index in [1.807, 2.05) is 19.4 Å². The fraction of sp³-hybridized carbons (Fsp3) is 0.286. The van der Waals surface area contributed by atoms with Crippen molar-refractivity contribution in [1.82, 2.24) is 9.97 Å². The Morgan fingerprint density at radius 2 is 1.79 bits per heavy atom. The van der Waals surface area contributed by atoms with Crippen molar-refractivity contribution >= 4 is 29.1 Å². The Morgan fingerprint density at radius 1 is 1.11 bits per heavy atom. The van der Waals surface area contributed by atoms with Gasteiger partial charge in [0.1, 0.15) is 11.6 Å². The van der Waals surface area contributed by atoms with Crippen LogP contribution in [0.1, 0.15) is 12.5 Å². The highest BCUT2D eigenvalue weighted by Gasteiger charge is 2.03. The van der Waals surface area contributed by atoms with E-state index in [9.17, 15) is 0 Å². The smallest absolute Gasteiger partial charge is 0.191 e. The van der Waals surface area contributed by atoms with Crippen LogP contribution in [0.15, 0.2) is 35.5 Å². The largest absolute Gasteiger partial charge is 0.373 e. The quantitative estimate of drug-likeness (QED) is 0.645. The molecule has 1 aromatic heterocycles. The summed E-state index contributed by atoms with van der Waals surface area (Å²) in [6.45, 7) is 2.15. The molecule has 4 nitrogen and oxygen atoms in total. The number of nitrogens with one attached hydrogen (secondary N) is 2. The van der Waals surface area contributed by atoms with E-state index in [-0.39, 0.29) is 0 Å². The summed E-state index contributed by atoms with van der Waals surface area (Å²) < 4.78 is 0. The van der Waals surface area contributed by atoms with Crippen molar-refractivity contribution in [1.29, 1.82) is 0 Å². The highest BCUT2D eigenvalue weighted by Crippen LogP contribution is 2.21. The van der Waals surface area contributed by atoms with Crippen LogP contribution in [0.25, 0.3) is 0 Å². The molecule has 1 heterocycles. The number of hydrogen-bond donors (Lipinski definition) is 2. The van der Waals surface area contributed by atoms with Gasteiger partial charge in [0.25, 0.3) is 0 Å². The average Bonchev–Trinajstić information content (AvgIpc) is 2.47. The molecule has 5 heteroatoms. The number of anilines is 3. The van der Waals surface area contributed by atoms with Crippen molar-refractivity contribution in [3.8, 4) is 0 Å². The molecule has 0 saturated carbocycles. The van der Waals surface area contributed by atoms with Gasteiger partial charge in [-0.2, -0.15) is 0 Å². The molecule has 0 radical (unpaired) electrons. The van der Waals surface area contributed by atoms with Gasteiger partial charge in [0.05, 0.1) is 0 Å². The number of benzene rings is 1.